The number of hydrogen-bond donors (Lipinski definition) is 2. The first-order valence-corrected chi connectivity index (χ1v) is 7.54. The van der Waals surface area contributed by atoms with Crippen LogP contribution in [0.3, 0.4) is 0 Å². The number of halogens is 1. The molecule has 1 heterocycles. The van der Waals surface area contributed by atoms with E-state index in [2.05, 4.69) is 17.6 Å². The van der Waals surface area contributed by atoms with E-state index in [9.17, 15) is 4.79 Å². The summed E-state index contributed by atoms with van der Waals surface area (Å²) in [5, 5.41) is 6.33. The lowest BCUT2D eigenvalue weighted by molar-refractivity contribution is -0.116. The second kappa shape index (κ2) is 9.64. The maximum atomic E-state index is 11.9. The third kappa shape index (κ3) is 6.36. The van der Waals surface area contributed by atoms with Gasteiger partial charge in [0.1, 0.15) is 5.75 Å². The minimum Gasteiger partial charge on any atom is -0.494 e. The van der Waals surface area contributed by atoms with Crippen LogP contribution >= 0.6 is 12.4 Å². The van der Waals surface area contributed by atoms with Crippen LogP contribution in [0, 0.1) is 0 Å². The fourth-order valence-corrected chi connectivity index (χ4v) is 2.39. The van der Waals surface area contributed by atoms with Crippen LogP contribution in [-0.2, 0) is 4.79 Å². The van der Waals surface area contributed by atoms with Crippen molar-refractivity contribution < 1.29 is 9.53 Å². The Bertz CT molecular complexity index is 417. The Morgan fingerprint density at radius 1 is 1.38 bits per heavy atom. The zero-order valence-corrected chi connectivity index (χ0v) is 13.4. The van der Waals surface area contributed by atoms with Gasteiger partial charge in [0.15, 0.2) is 0 Å². The lowest BCUT2D eigenvalue weighted by atomic mass is 10.1. The van der Waals surface area contributed by atoms with Crippen molar-refractivity contribution in [1.29, 1.82) is 0 Å². The molecule has 0 saturated carbocycles. The lowest BCUT2D eigenvalue weighted by Gasteiger charge is -2.10. The highest BCUT2D eigenvalue weighted by Gasteiger charge is 2.15. The van der Waals surface area contributed by atoms with Gasteiger partial charge in [0.05, 0.1) is 6.61 Å². The Morgan fingerprint density at radius 2 is 2.14 bits per heavy atom. The van der Waals surface area contributed by atoms with E-state index < -0.39 is 0 Å². The molecule has 0 bridgehead atoms. The molecule has 1 unspecified atom stereocenters. The van der Waals surface area contributed by atoms with E-state index in [1.165, 1.54) is 12.8 Å². The van der Waals surface area contributed by atoms with Gasteiger partial charge in [-0.25, -0.2) is 0 Å². The van der Waals surface area contributed by atoms with Crippen LogP contribution in [0.25, 0.3) is 0 Å². The van der Waals surface area contributed by atoms with Crippen LogP contribution in [0.5, 0.6) is 5.75 Å². The van der Waals surface area contributed by atoms with Gasteiger partial charge in [-0.2, -0.15) is 0 Å². The van der Waals surface area contributed by atoms with E-state index in [1.807, 2.05) is 24.3 Å². The highest BCUT2D eigenvalue weighted by atomic mass is 35.5. The molecular formula is C16H25ClN2O2. The van der Waals surface area contributed by atoms with Crippen molar-refractivity contribution in [3.63, 3.8) is 0 Å². The van der Waals surface area contributed by atoms with Crippen LogP contribution in [-0.4, -0.2) is 25.1 Å². The average Bonchev–Trinajstić information content (AvgIpc) is 2.98. The lowest BCUT2D eigenvalue weighted by Crippen LogP contribution is -2.23. The monoisotopic (exact) mass is 312 g/mol. The number of carbonyl (C=O) groups is 1. The van der Waals surface area contributed by atoms with Crippen molar-refractivity contribution in [1.82, 2.24) is 5.32 Å². The molecule has 0 radical (unpaired) electrons. The Balaban J connectivity index is 0.00000220. The van der Waals surface area contributed by atoms with Gasteiger partial charge < -0.3 is 15.4 Å². The molecule has 1 aliphatic heterocycles. The number of hydrogen-bond acceptors (Lipinski definition) is 3. The zero-order valence-electron chi connectivity index (χ0n) is 12.6. The summed E-state index contributed by atoms with van der Waals surface area (Å²) in [4.78, 5) is 11.9. The summed E-state index contributed by atoms with van der Waals surface area (Å²) in [5.74, 6) is 0.931. The van der Waals surface area contributed by atoms with Crippen LogP contribution < -0.4 is 15.4 Å². The summed E-state index contributed by atoms with van der Waals surface area (Å²) in [6, 6.07) is 8.08. The molecule has 2 N–H and O–H groups in total. The maximum absolute atomic E-state index is 11.9. The first-order chi connectivity index (χ1) is 9.78. The molecule has 4 nitrogen and oxygen atoms in total. The van der Waals surface area contributed by atoms with Gasteiger partial charge in [-0.3, -0.25) is 4.79 Å². The SMILES string of the molecule is CCCOc1ccc(NC(=O)CCC2CCCN2)cc1.Cl. The van der Waals surface area contributed by atoms with Crippen LogP contribution in [0.2, 0.25) is 0 Å². The van der Waals surface area contributed by atoms with E-state index in [4.69, 9.17) is 4.74 Å². The van der Waals surface area contributed by atoms with Crippen molar-refractivity contribution in [2.45, 2.75) is 45.1 Å². The summed E-state index contributed by atoms with van der Waals surface area (Å²) in [6.45, 7) is 3.89. The Kier molecular flexibility index (Phi) is 8.16. The number of ether oxygens (including phenoxy) is 1. The minimum absolute atomic E-state index is 0. The van der Waals surface area contributed by atoms with Crippen LogP contribution in [0.15, 0.2) is 24.3 Å². The van der Waals surface area contributed by atoms with Crippen molar-refractivity contribution in [3.05, 3.63) is 24.3 Å². The standard InChI is InChI=1S/C16H24N2O2.ClH/c1-2-12-20-15-8-5-14(6-9-15)18-16(19)10-7-13-4-3-11-17-13;/h5-6,8-9,13,17H,2-4,7,10-12H2,1H3,(H,18,19);1H. The van der Waals surface area contributed by atoms with Gasteiger partial charge in [-0.1, -0.05) is 6.92 Å². The summed E-state index contributed by atoms with van der Waals surface area (Å²) in [7, 11) is 0. The molecule has 1 aromatic carbocycles. The first-order valence-electron chi connectivity index (χ1n) is 7.54. The number of carbonyl (C=O) groups excluding carboxylic acids is 1. The predicted octanol–water partition coefficient (Wildman–Crippen LogP) is 3.37. The Morgan fingerprint density at radius 3 is 2.76 bits per heavy atom. The van der Waals surface area contributed by atoms with Crippen molar-refractivity contribution in [3.8, 4) is 5.75 Å². The first kappa shape index (κ1) is 17.8. The van der Waals surface area contributed by atoms with E-state index >= 15 is 0 Å². The average molecular weight is 313 g/mol. The maximum Gasteiger partial charge on any atom is 0.224 e. The van der Waals surface area contributed by atoms with E-state index in [-0.39, 0.29) is 18.3 Å². The summed E-state index contributed by atoms with van der Waals surface area (Å²) in [6.07, 6.45) is 4.91. The van der Waals surface area contributed by atoms with Crippen molar-refractivity contribution in [2.75, 3.05) is 18.5 Å². The van der Waals surface area contributed by atoms with Crippen molar-refractivity contribution >= 4 is 24.0 Å². The fraction of sp³-hybridized carbons (Fsp3) is 0.562. The van der Waals surface area contributed by atoms with Gasteiger partial charge in [0, 0.05) is 18.2 Å². The van der Waals surface area contributed by atoms with Crippen LogP contribution in [0.4, 0.5) is 5.69 Å². The van der Waals surface area contributed by atoms with E-state index in [0.29, 0.717) is 12.5 Å². The van der Waals surface area contributed by atoms with Gasteiger partial charge >= 0.3 is 0 Å². The Hall–Kier alpha value is -1.26. The number of anilines is 1. The highest BCUT2D eigenvalue weighted by Crippen LogP contribution is 2.17. The second-order valence-corrected chi connectivity index (χ2v) is 5.25. The molecule has 1 amide bonds. The molecule has 1 aliphatic rings. The fourth-order valence-electron chi connectivity index (χ4n) is 2.39. The molecule has 0 aromatic heterocycles. The molecule has 0 aliphatic carbocycles. The summed E-state index contributed by atoms with van der Waals surface area (Å²) in [5.41, 5.74) is 0.832. The Labute approximate surface area is 133 Å². The molecule has 118 valence electrons. The number of nitrogens with one attached hydrogen (secondary N) is 2. The summed E-state index contributed by atoms with van der Waals surface area (Å²) < 4.78 is 5.51. The highest BCUT2D eigenvalue weighted by molar-refractivity contribution is 5.90. The molecule has 2 rings (SSSR count). The number of amides is 1. The molecule has 1 saturated heterocycles. The van der Waals surface area contributed by atoms with E-state index in [0.717, 1.165) is 37.4 Å². The molecule has 1 aromatic rings. The third-order valence-corrected chi connectivity index (χ3v) is 3.49. The topological polar surface area (TPSA) is 50.4 Å². The number of rotatable bonds is 7. The smallest absolute Gasteiger partial charge is 0.224 e. The second-order valence-electron chi connectivity index (χ2n) is 5.25. The molecule has 0 spiro atoms. The van der Waals surface area contributed by atoms with Gasteiger partial charge in [-0.15, -0.1) is 12.4 Å². The summed E-state index contributed by atoms with van der Waals surface area (Å²) >= 11 is 0. The van der Waals surface area contributed by atoms with Crippen LogP contribution in [0.1, 0.15) is 39.0 Å². The molecule has 1 fully saturated rings. The molecule has 1 atom stereocenters. The zero-order chi connectivity index (χ0) is 14.2. The number of benzene rings is 1. The van der Waals surface area contributed by atoms with Gasteiger partial charge in [0.2, 0.25) is 5.91 Å². The largest absolute Gasteiger partial charge is 0.494 e. The third-order valence-electron chi connectivity index (χ3n) is 3.49. The molecular weight excluding hydrogens is 288 g/mol. The van der Waals surface area contributed by atoms with Gasteiger partial charge in [0.25, 0.3) is 0 Å². The predicted molar refractivity (Wildman–Crippen MR) is 88.4 cm³/mol. The van der Waals surface area contributed by atoms with E-state index in [1.54, 1.807) is 0 Å². The normalized spacial score (nSPS) is 17.1. The quantitative estimate of drug-likeness (QED) is 0.811. The van der Waals surface area contributed by atoms with Crippen molar-refractivity contribution in [2.24, 2.45) is 0 Å². The minimum atomic E-state index is 0. The molecule has 5 heteroatoms. The molecule has 21 heavy (non-hydrogen) atoms. The van der Waals surface area contributed by atoms with Gasteiger partial charge in [-0.05, 0) is 56.5 Å².